The van der Waals surface area contributed by atoms with Crippen molar-refractivity contribution in [1.29, 1.82) is 0 Å². The predicted molar refractivity (Wildman–Crippen MR) is 44.9 cm³/mol. The van der Waals surface area contributed by atoms with Crippen LogP contribution in [0.1, 0.15) is 26.2 Å². The number of hydrogen-bond acceptors (Lipinski definition) is 3. The van der Waals surface area contributed by atoms with Gasteiger partial charge in [0, 0.05) is 6.54 Å². The molecule has 0 saturated heterocycles. The van der Waals surface area contributed by atoms with Crippen LogP contribution in [-0.4, -0.2) is 18.4 Å². The number of carbonyl (C=O) groups is 2. The van der Waals surface area contributed by atoms with E-state index in [4.69, 9.17) is 5.84 Å². The highest BCUT2D eigenvalue weighted by atomic mass is 16.2. The fourth-order valence-corrected chi connectivity index (χ4v) is 0.723. The first-order valence-corrected chi connectivity index (χ1v) is 4.01. The van der Waals surface area contributed by atoms with Crippen LogP contribution in [0.2, 0.25) is 0 Å². The van der Waals surface area contributed by atoms with Gasteiger partial charge in [-0.3, -0.25) is 15.0 Å². The van der Waals surface area contributed by atoms with Crippen LogP contribution in [0.5, 0.6) is 0 Å². The van der Waals surface area contributed by atoms with Crippen LogP contribution >= 0.6 is 0 Å². The summed E-state index contributed by atoms with van der Waals surface area (Å²) in [5.41, 5.74) is 1.75. The topological polar surface area (TPSA) is 84.2 Å². The number of carbonyl (C=O) groups excluding carboxylic acids is 2. The summed E-state index contributed by atoms with van der Waals surface area (Å²) in [4.78, 5) is 21.3. The molecule has 0 atom stereocenters. The molecule has 5 nitrogen and oxygen atoms in total. The Hall–Kier alpha value is -1.10. The van der Waals surface area contributed by atoms with E-state index in [9.17, 15) is 9.59 Å². The molecular weight excluding hydrogens is 158 g/mol. The quantitative estimate of drug-likeness (QED) is 0.172. The summed E-state index contributed by atoms with van der Waals surface area (Å²) in [5, 5.41) is 2.44. The molecule has 0 unspecified atom stereocenters. The zero-order valence-corrected chi connectivity index (χ0v) is 7.22. The largest absolute Gasteiger partial charge is 0.348 e. The molecule has 70 valence electrons. The van der Waals surface area contributed by atoms with Crippen LogP contribution in [0.15, 0.2) is 0 Å². The van der Waals surface area contributed by atoms with Gasteiger partial charge in [0.05, 0.1) is 0 Å². The van der Waals surface area contributed by atoms with Gasteiger partial charge in [-0.25, -0.2) is 5.84 Å². The molecular formula is C7H15N3O2. The van der Waals surface area contributed by atoms with Crippen molar-refractivity contribution in [3.8, 4) is 0 Å². The first-order valence-electron chi connectivity index (χ1n) is 4.01. The molecule has 0 aliphatic heterocycles. The van der Waals surface area contributed by atoms with Crippen molar-refractivity contribution in [1.82, 2.24) is 10.7 Å². The molecule has 0 heterocycles. The third kappa shape index (κ3) is 4.68. The summed E-state index contributed by atoms with van der Waals surface area (Å²) in [6.45, 7) is 2.59. The Morgan fingerprint density at radius 2 is 1.92 bits per heavy atom. The summed E-state index contributed by atoms with van der Waals surface area (Å²) >= 11 is 0. The van der Waals surface area contributed by atoms with Crippen molar-refractivity contribution in [2.45, 2.75) is 26.2 Å². The van der Waals surface area contributed by atoms with E-state index in [-0.39, 0.29) is 0 Å². The van der Waals surface area contributed by atoms with Gasteiger partial charge in [-0.1, -0.05) is 19.8 Å². The Morgan fingerprint density at radius 1 is 1.25 bits per heavy atom. The van der Waals surface area contributed by atoms with Crippen LogP contribution in [0.25, 0.3) is 0 Å². The maximum atomic E-state index is 10.7. The minimum atomic E-state index is -0.800. The van der Waals surface area contributed by atoms with Gasteiger partial charge in [0.25, 0.3) is 0 Å². The van der Waals surface area contributed by atoms with Crippen molar-refractivity contribution in [3.05, 3.63) is 0 Å². The Morgan fingerprint density at radius 3 is 2.42 bits per heavy atom. The molecule has 0 fully saturated rings. The van der Waals surface area contributed by atoms with Crippen LogP contribution < -0.4 is 16.6 Å². The van der Waals surface area contributed by atoms with Crippen molar-refractivity contribution >= 4 is 11.8 Å². The molecule has 0 radical (unpaired) electrons. The molecule has 0 aromatic carbocycles. The van der Waals surface area contributed by atoms with E-state index in [1.54, 1.807) is 5.43 Å². The fraction of sp³-hybridized carbons (Fsp3) is 0.714. The predicted octanol–water partition coefficient (Wildman–Crippen LogP) is -0.717. The molecule has 0 aliphatic carbocycles. The molecule has 12 heavy (non-hydrogen) atoms. The highest BCUT2D eigenvalue weighted by Gasteiger charge is 2.09. The van der Waals surface area contributed by atoms with E-state index < -0.39 is 11.8 Å². The number of nitrogens with one attached hydrogen (secondary N) is 2. The molecule has 0 aromatic heterocycles. The summed E-state index contributed by atoms with van der Waals surface area (Å²) in [7, 11) is 0. The maximum Gasteiger partial charge on any atom is 0.323 e. The maximum absolute atomic E-state index is 10.7. The second-order valence-electron chi connectivity index (χ2n) is 2.44. The van der Waals surface area contributed by atoms with Gasteiger partial charge in [0.1, 0.15) is 0 Å². The molecule has 5 heteroatoms. The first kappa shape index (κ1) is 10.9. The number of hydrogen-bond donors (Lipinski definition) is 3. The molecule has 0 aromatic rings. The number of rotatable bonds is 4. The van der Waals surface area contributed by atoms with E-state index in [0.29, 0.717) is 6.54 Å². The molecule has 0 saturated carbocycles. The zero-order chi connectivity index (χ0) is 9.40. The lowest BCUT2D eigenvalue weighted by Crippen LogP contribution is -2.43. The molecule has 4 N–H and O–H groups in total. The normalized spacial score (nSPS) is 9.17. The standard InChI is InChI=1S/C7H15N3O2/c1-2-3-4-5-9-6(11)7(12)10-8/h2-5,8H2,1H3,(H,9,11)(H,10,12). The molecule has 0 spiro atoms. The summed E-state index contributed by atoms with van der Waals surface area (Å²) in [6, 6.07) is 0. The van der Waals surface area contributed by atoms with Gasteiger partial charge < -0.3 is 5.32 Å². The Balaban J connectivity index is 3.38. The number of nitrogens with two attached hydrogens (primary N) is 1. The SMILES string of the molecule is CCCCCNC(=O)C(=O)NN. The van der Waals surface area contributed by atoms with E-state index in [1.807, 2.05) is 0 Å². The molecule has 0 rings (SSSR count). The van der Waals surface area contributed by atoms with E-state index in [1.165, 1.54) is 0 Å². The number of hydrazine groups is 1. The van der Waals surface area contributed by atoms with Crippen molar-refractivity contribution in [2.24, 2.45) is 5.84 Å². The molecule has 0 bridgehead atoms. The van der Waals surface area contributed by atoms with E-state index >= 15 is 0 Å². The minimum Gasteiger partial charge on any atom is -0.348 e. The summed E-state index contributed by atoms with van der Waals surface area (Å²) < 4.78 is 0. The highest BCUT2D eigenvalue weighted by Crippen LogP contribution is 1.90. The third-order valence-corrected chi connectivity index (χ3v) is 1.40. The third-order valence-electron chi connectivity index (χ3n) is 1.40. The second kappa shape index (κ2) is 6.60. The average Bonchev–Trinajstić information content (AvgIpc) is 2.10. The Kier molecular flexibility index (Phi) is 6.00. The van der Waals surface area contributed by atoms with Crippen LogP contribution in [-0.2, 0) is 9.59 Å². The lowest BCUT2D eigenvalue weighted by Gasteiger charge is -2.01. The number of unbranched alkanes of at least 4 members (excludes halogenated alkanes) is 2. The van der Waals surface area contributed by atoms with Crippen molar-refractivity contribution < 1.29 is 9.59 Å². The monoisotopic (exact) mass is 173 g/mol. The zero-order valence-electron chi connectivity index (χ0n) is 7.22. The van der Waals surface area contributed by atoms with Crippen molar-refractivity contribution in [2.75, 3.05) is 6.54 Å². The van der Waals surface area contributed by atoms with Crippen LogP contribution in [0.3, 0.4) is 0 Å². The minimum absolute atomic E-state index is 0.528. The summed E-state index contributed by atoms with van der Waals surface area (Å²) in [5.74, 6) is 3.27. The van der Waals surface area contributed by atoms with Crippen molar-refractivity contribution in [3.63, 3.8) is 0 Å². The molecule has 0 aliphatic rings. The van der Waals surface area contributed by atoms with Crippen LogP contribution in [0, 0.1) is 0 Å². The number of amides is 2. The first-order chi connectivity index (χ1) is 5.72. The van der Waals surface area contributed by atoms with Gasteiger partial charge in [-0.05, 0) is 6.42 Å². The average molecular weight is 173 g/mol. The Labute approximate surface area is 71.7 Å². The lowest BCUT2D eigenvalue weighted by atomic mass is 10.2. The van der Waals surface area contributed by atoms with Gasteiger partial charge in [-0.2, -0.15) is 0 Å². The second-order valence-corrected chi connectivity index (χ2v) is 2.44. The molecule has 2 amide bonds. The van der Waals surface area contributed by atoms with Gasteiger partial charge in [0.2, 0.25) is 0 Å². The lowest BCUT2D eigenvalue weighted by molar-refractivity contribution is -0.139. The van der Waals surface area contributed by atoms with Crippen LogP contribution in [0.4, 0.5) is 0 Å². The fourth-order valence-electron chi connectivity index (χ4n) is 0.723. The highest BCUT2D eigenvalue weighted by molar-refractivity contribution is 6.34. The summed E-state index contributed by atoms with van der Waals surface area (Å²) in [6.07, 6.45) is 3.02. The van der Waals surface area contributed by atoms with Gasteiger partial charge in [0.15, 0.2) is 0 Å². The van der Waals surface area contributed by atoms with Gasteiger partial charge >= 0.3 is 11.8 Å². The van der Waals surface area contributed by atoms with E-state index in [0.717, 1.165) is 19.3 Å². The van der Waals surface area contributed by atoms with Gasteiger partial charge in [-0.15, -0.1) is 0 Å². The smallest absolute Gasteiger partial charge is 0.323 e. The Bertz CT molecular complexity index is 159. The van der Waals surface area contributed by atoms with E-state index in [2.05, 4.69) is 12.2 Å².